The molecule has 0 radical (unpaired) electrons. The van der Waals surface area contributed by atoms with Gasteiger partial charge in [0.1, 0.15) is 0 Å². The van der Waals surface area contributed by atoms with Crippen LogP contribution in [0.3, 0.4) is 0 Å². The average Bonchev–Trinajstić information content (AvgIpc) is 3.21. The first-order valence-electron chi connectivity index (χ1n) is 7.11. The van der Waals surface area contributed by atoms with E-state index in [4.69, 9.17) is 0 Å². The van der Waals surface area contributed by atoms with E-state index >= 15 is 0 Å². The van der Waals surface area contributed by atoms with Crippen molar-refractivity contribution >= 4 is 27.7 Å². The SMILES string of the molecule is FC(F)(F)SCCC(CNC1CC1)Cc1ccc(Br)cc1. The van der Waals surface area contributed by atoms with Gasteiger partial charge < -0.3 is 5.32 Å². The smallest absolute Gasteiger partial charge is 0.314 e. The van der Waals surface area contributed by atoms with Gasteiger partial charge in [-0.05, 0) is 55.8 Å². The van der Waals surface area contributed by atoms with Crippen molar-refractivity contribution in [2.45, 2.75) is 37.2 Å². The number of rotatable bonds is 8. The number of hydrogen-bond donors (Lipinski definition) is 1. The molecule has 0 bridgehead atoms. The van der Waals surface area contributed by atoms with Gasteiger partial charge in [-0.15, -0.1) is 0 Å². The van der Waals surface area contributed by atoms with Gasteiger partial charge in [-0.3, -0.25) is 0 Å². The Morgan fingerprint density at radius 1 is 1.24 bits per heavy atom. The number of hydrogen-bond acceptors (Lipinski definition) is 2. The van der Waals surface area contributed by atoms with E-state index in [0.29, 0.717) is 12.5 Å². The third kappa shape index (κ3) is 7.56. The highest BCUT2D eigenvalue weighted by molar-refractivity contribution is 9.10. The molecule has 0 heterocycles. The Labute approximate surface area is 136 Å². The third-order valence-electron chi connectivity index (χ3n) is 3.50. The van der Waals surface area contributed by atoms with E-state index < -0.39 is 5.51 Å². The van der Waals surface area contributed by atoms with Crippen molar-refractivity contribution in [1.82, 2.24) is 5.32 Å². The predicted molar refractivity (Wildman–Crippen MR) is 85.5 cm³/mol. The highest BCUT2D eigenvalue weighted by Gasteiger charge is 2.28. The van der Waals surface area contributed by atoms with E-state index in [1.165, 1.54) is 18.4 Å². The second-order valence-corrected chi connectivity index (χ2v) is 7.54. The summed E-state index contributed by atoms with van der Waals surface area (Å²) in [6, 6.07) is 8.61. The van der Waals surface area contributed by atoms with Gasteiger partial charge in [0.25, 0.3) is 0 Å². The summed E-state index contributed by atoms with van der Waals surface area (Å²) in [6.45, 7) is 0.805. The molecule has 1 aliphatic rings. The topological polar surface area (TPSA) is 12.0 Å². The molecule has 0 aromatic heterocycles. The van der Waals surface area contributed by atoms with Crippen LogP contribution in [0.4, 0.5) is 13.2 Å². The van der Waals surface area contributed by atoms with Crippen LogP contribution in [0, 0.1) is 5.92 Å². The molecule has 1 N–H and O–H groups in total. The van der Waals surface area contributed by atoms with Gasteiger partial charge in [0.05, 0.1) is 0 Å². The fourth-order valence-electron chi connectivity index (χ4n) is 2.19. The molecule has 21 heavy (non-hydrogen) atoms. The number of thioether (sulfide) groups is 1. The summed E-state index contributed by atoms with van der Waals surface area (Å²) < 4.78 is 37.8. The number of halogens is 4. The minimum atomic E-state index is -4.12. The molecule has 1 nitrogen and oxygen atoms in total. The van der Waals surface area contributed by atoms with Crippen LogP contribution in [0.1, 0.15) is 24.8 Å². The first-order chi connectivity index (χ1) is 9.92. The summed E-state index contributed by atoms with van der Waals surface area (Å²) in [5, 5.41) is 3.44. The lowest BCUT2D eigenvalue weighted by Gasteiger charge is -2.18. The van der Waals surface area contributed by atoms with Gasteiger partial charge in [0.15, 0.2) is 0 Å². The fraction of sp³-hybridized carbons (Fsp3) is 0.600. The molecule has 0 aliphatic heterocycles. The Morgan fingerprint density at radius 2 is 1.90 bits per heavy atom. The Bertz CT molecular complexity index is 432. The molecule has 6 heteroatoms. The number of alkyl halides is 3. The maximum absolute atomic E-state index is 12.2. The molecule has 0 amide bonds. The van der Waals surface area contributed by atoms with Crippen LogP contribution in [-0.2, 0) is 6.42 Å². The molecule has 118 valence electrons. The second-order valence-electron chi connectivity index (χ2n) is 5.46. The summed E-state index contributed by atoms with van der Waals surface area (Å²) in [5.41, 5.74) is -2.94. The number of benzene rings is 1. The summed E-state index contributed by atoms with van der Waals surface area (Å²) in [4.78, 5) is 0. The van der Waals surface area contributed by atoms with Crippen molar-refractivity contribution in [2.24, 2.45) is 5.92 Å². The summed E-state index contributed by atoms with van der Waals surface area (Å²) in [6.07, 6.45) is 3.80. The normalized spacial score (nSPS) is 17.0. The third-order valence-corrected chi connectivity index (χ3v) is 4.80. The molecule has 1 atom stereocenters. The minimum absolute atomic E-state index is 0.0895. The molecular formula is C15H19BrF3NS. The van der Waals surface area contributed by atoms with Crippen molar-refractivity contribution < 1.29 is 13.2 Å². The van der Waals surface area contributed by atoms with Gasteiger partial charge in [0.2, 0.25) is 0 Å². The van der Waals surface area contributed by atoms with Gasteiger partial charge in [-0.25, -0.2) is 0 Å². The summed E-state index contributed by atoms with van der Waals surface area (Å²) >= 11 is 3.48. The Balaban J connectivity index is 1.82. The molecule has 2 rings (SSSR count). The maximum Gasteiger partial charge on any atom is 0.441 e. The fourth-order valence-corrected chi connectivity index (χ4v) is 3.14. The Morgan fingerprint density at radius 3 is 2.48 bits per heavy atom. The van der Waals surface area contributed by atoms with Gasteiger partial charge in [-0.1, -0.05) is 39.8 Å². The zero-order valence-electron chi connectivity index (χ0n) is 11.6. The van der Waals surface area contributed by atoms with E-state index in [1.807, 2.05) is 24.3 Å². The molecular weight excluding hydrogens is 363 g/mol. The molecule has 1 saturated carbocycles. The first-order valence-corrected chi connectivity index (χ1v) is 8.89. The van der Waals surface area contributed by atoms with Crippen LogP contribution in [0.25, 0.3) is 0 Å². The van der Waals surface area contributed by atoms with E-state index in [0.717, 1.165) is 17.4 Å². The Hall–Kier alpha value is -0.200. The standard InChI is InChI=1S/C15H19BrF3NS/c16-13-3-1-11(2-4-13)9-12(10-20-14-5-6-14)7-8-21-15(17,18)19/h1-4,12,14,20H,5-10H2. The average molecular weight is 382 g/mol. The molecule has 0 spiro atoms. The lowest BCUT2D eigenvalue weighted by atomic mass is 9.97. The molecule has 1 aliphatic carbocycles. The predicted octanol–water partition coefficient (Wildman–Crippen LogP) is 5.00. The van der Waals surface area contributed by atoms with Crippen molar-refractivity contribution in [3.05, 3.63) is 34.3 Å². The lowest BCUT2D eigenvalue weighted by Crippen LogP contribution is -2.26. The summed E-state index contributed by atoms with van der Waals surface area (Å²) in [5.74, 6) is 0.387. The maximum atomic E-state index is 12.2. The molecule has 1 aromatic rings. The quantitative estimate of drug-likeness (QED) is 0.679. The van der Waals surface area contributed by atoms with Crippen LogP contribution in [0.5, 0.6) is 0 Å². The van der Waals surface area contributed by atoms with Crippen LogP contribution in [0.2, 0.25) is 0 Å². The van der Waals surface area contributed by atoms with E-state index in [2.05, 4.69) is 21.2 Å². The van der Waals surface area contributed by atoms with Crippen LogP contribution >= 0.6 is 27.7 Å². The van der Waals surface area contributed by atoms with E-state index in [1.54, 1.807) is 0 Å². The van der Waals surface area contributed by atoms with Crippen molar-refractivity contribution in [1.29, 1.82) is 0 Å². The van der Waals surface area contributed by atoms with Crippen LogP contribution in [-0.4, -0.2) is 23.8 Å². The second kappa shape index (κ2) is 7.88. The molecule has 1 unspecified atom stereocenters. The van der Waals surface area contributed by atoms with Crippen molar-refractivity contribution in [2.75, 3.05) is 12.3 Å². The first kappa shape index (κ1) is 17.2. The summed E-state index contributed by atoms with van der Waals surface area (Å²) in [7, 11) is 0. The van der Waals surface area contributed by atoms with E-state index in [9.17, 15) is 13.2 Å². The zero-order chi connectivity index (χ0) is 15.3. The number of nitrogens with one attached hydrogen (secondary N) is 1. The monoisotopic (exact) mass is 381 g/mol. The van der Waals surface area contributed by atoms with Crippen LogP contribution in [0.15, 0.2) is 28.7 Å². The largest absolute Gasteiger partial charge is 0.441 e. The molecule has 1 fully saturated rings. The molecule has 0 saturated heterocycles. The highest BCUT2D eigenvalue weighted by Crippen LogP contribution is 2.32. The van der Waals surface area contributed by atoms with E-state index in [-0.39, 0.29) is 23.4 Å². The minimum Gasteiger partial charge on any atom is -0.314 e. The van der Waals surface area contributed by atoms with Crippen molar-refractivity contribution in [3.8, 4) is 0 Å². The zero-order valence-corrected chi connectivity index (χ0v) is 14.0. The van der Waals surface area contributed by atoms with Gasteiger partial charge in [0, 0.05) is 16.3 Å². The van der Waals surface area contributed by atoms with Crippen molar-refractivity contribution in [3.63, 3.8) is 0 Å². The highest BCUT2D eigenvalue weighted by atomic mass is 79.9. The lowest BCUT2D eigenvalue weighted by molar-refractivity contribution is -0.0328. The Kier molecular flexibility index (Phi) is 6.44. The van der Waals surface area contributed by atoms with Crippen LogP contribution < -0.4 is 5.32 Å². The molecule has 1 aromatic carbocycles. The van der Waals surface area contributed by atoms with Gasteiger partial charge >= 0.3 is 5.51 Å². The van der Waals surface area contributed by atoms with Gasteiger partial charge in [-0.2, -0.15) is 13.2 Å².